The quantitative estimate of drug-likeness (QED) is 0.729. The molecule has 0 heterocycles. The molecule has 4 saturated carbocycles. The van der Waals surface area contributed by atoms with E-state index in [-0.39, 0.29) is 6.10 Å². The first-order chi connectivity index (χ1) is 12.7. The Labute approximate surface area is 166 Å². The molecule has 9 atom stereocenters. The van der Waals surface area contributed by atoms with E-state index in [1.165, 1.54) is 44.9 Å². The van der Waals surface area contributed by atoms with Crippen LogP contribution in [0.3, 0.4) is 0 Å². The summed E-state index contributed by atoms with van der Waals surface area (Å²) >= 11 is 0. The van der Waals surface area contributed by atoms with E-state index < -0.39 is 5.60 Å². The number of aliphatic hydroxyl groups excluding tert-OH is 1. The van der Waals surface area contributed by atoms with Crippen molar-refractivity contribution in [1.29, 1.82) is 0 Å². The van der Waals surface area contributed by atoms with E-state index in [2.05, 4.69) is 20.8 Å². The first kappa shape index (κ1) is 20.2. The van der Waals surface area contributed by atoms with E-state index in [4.69, 9.17) is 4.74 Å². The molecule has 4 unspecified atom stereocenters. The summed E-state index contributed by atoms with van der Waals surface area (Å²) in [6, 6.07) is 0. The Hall–Kier alpha value is -0.120. The largest absolute Gasteiger partial charge is 0.393 e. The molecule has 0 saturated heterocycles. The highest BCUT2D eigenvalue weighted by Crippen LogP contribution is 2.67. The van der Waals surface area contributed by atoms with E-state index >= 15 is 0 Å². The van der Waals surface area contributed by atoms with Gasteiger partial charge in [-0.15, -0.1) is 0 Å². The maximum Gasteiger partial charge on any atom is 0.0631 e. The maximum absolute atomic E-state index is 10.6. The van der Waals surface area contributed by atoms with E-state index in [9.17, 15) is 10.2 Å². The van der Waals surface area contributed by atoms with Crippen molar-refractivity contribution in [2.75, 3.05) is 6.61 Å². The lowest BCUT2D eigenvalue weighted by Crippen LogP contribution is -2.56. The average molecular weight is 379 g/mol. The first-order valence-electron chi connectivity index (χ1n) is 11.7. The zero-order valence-electron chi connectivity index (χ0n) is 18.0. The van der Waals surface area contributed by atoms with Crippen LogP contribution >= 0.6 is 0 Å². The van der Waals surface area contributed by atoms with Crippen molar-refractivity contribution in [2.24, 2.45) is 34.5 Å². The molecule has 4 aliphatic rings. The van der Waals surface area contributed by atoms with Gasteiger partial charge >= 0.3 is 0 Å². The molecule has 0 amide bonds. The van der Waals surface area contributed by atoms with Crippen LogP contribution in [0.25, 0.3) is 0 Å². The third-order valence-corrected chi connectivity index (χ3v) is 9.72. The zero-order valence-corrected chi connectivity index (χ0v) is 18.0. The van der Waals surface area contributed by atoms with Crippen molar-refractivity contribution in [2.45, 2.75) is 110 Å². The third-order valence-electron chi connectivity index (χ3n) is 9.72. The van der Waals surface area contributed by atoms with Crippen LogP contribution in [-0.4, -0.2) is 34.6 Å². The molecule has 0 aromatic carbocycles. The minimum Gasteiger partial charge on any atom is -0.393 e. The van der Waals surface area contributed by atoms with E-state index in [0.29, 0.717) is 29.5 Å². The van der Waals surface area contributed by atoms with Crippen molar-refractivity contribution >= 4 is 0 Å². The molecule has 2 N–H and O–H groups in total. The Bertz CT molecular complexity index is 544. The first-order valence-corrected chi connectivity index (χ1v) is 11.7. The van der Waals surface area contributed by atoms with Crippen molar-refractivity contribution < 1.29 is 14.9 Å². The van der Waals surface area contributed by atoms with E-state index in [1.54, 1.807) is 0 Å². The van der Waals surface area contributed by atoms with Crippen molar-refractivity contribution in [3.05, 3.63) is 0 Å². The minimum absolute atomic E-state index is 0.260. The Morgan fingerprint density at radius 3 is 2.41 bits per heavy atom. The Morgan fingerprint density at radius 1 is 0.926 bits per heavy atom. The van der Waals surface area contributed by atoms with Crippen LogP contribution < -0.4 is 0 Å². The molecule has 0 aromatic heterocycles. The molecular formula is C24H42O3. The highest BCUT2D eigenvalue weighted by atomic mass is 16.5. The smallest absolute Gasteiger partial charge is 0.0631 e. The number of hydrogen-bond donors (Lipinski definition) is 2. The number of hydrogen-bond acceptors (Lipinski definition) is 3. The summed E-state index contributed by atoms with van der Waals surface area (Å²) in [4.78, 5) is 0. The molecule has 0 spiro atoms. The third kappa shape index (κ3) is 3.40. The van der Waals surface area contributed by atoms with Gasteiger partial charge in [-0.1, -0.05) is 13.8 Å². The number of rotatable bonds is 4. The van der Waals surface area contributed by atoms with Crippen LogP contribution in [0.5, 0.6) is 0 Å². The monoisotopic (exact) mass is 378 g/mol. The topological polar surface area (TPSA) is 49.7 Å². The second kappa shape index (κ2) is 6.99. The van der Waals surface area contributed by atoms with Crippen molar-refractivity contribution in [1.82, 2.24) is 0 Å². The lowest BCUT2D eigenvalue weighted by Gasteiger charge is -2.61. The molecule has 3 nitrogen and oxygen atoms in total. The highest BCUT2D eigenvalue weighted by molar-refractivity contribution is 5.10. The van der Waals surface area contributed by atoms with Gasteiger partial charge in [0.05, 0.1) is 17.8 Å². The number of aliphatic hydroxyl groups is 2. The fourth-order valence-corrected chi connectivity index (χ4v) is 8.04. The summed E-state index contributed by atoms with van der Waals surface area (Å²) in [5.41, 5.74) is 0.345. The SMILES string of the molecule is CC(O)CCO[C@H]1CCC2C3CC[C@H]4C[C@@](C)(O)CC[C@]4(C)C3CC[C@@]21C. The highest BCUT2D eigenvalue weighted by Gasteiger charge is 2.61. The molecule has 156 valence electrons. The Morgan fingerprint density at radius 2 is 1.67 bits per heavy atom. The van der Waals surface area contributed by atoms with Crippen LogP contribution in [0.4, 0.5) is 0 Å². The van der Waals surface area contributed by atoms with Crippen molar-refractivity contribution in [3.63, 3.8) is 0 Å². The standard InChI is InChI=1S/C24H42O3/c1-16(25)10-14-27-21-8-7-19-18-6-5-17-15-22(2,26)12-13-23(17,3)20(18)9-11-24(19,21)4/h16-21,25-26H,5-15H2,1-4H3/t16?,17-,18?,19?,20?,21-,22-,23-,24-/m0/s1. The van der Waals surface area contributed by atoms with Gasteiger partial charge in [0.25, 0.3) is 0 Å². The molecule has 0 aliphatic heterocycles. The molecule has 0 radical (unpaired) electrons. The predicted octanol–water partition coefficient (Wildman–Crippen LogP) is 4.94. The predicted molar refractivity (Wildman–Crippen MR) is 108 cm³/mol. The van der Waals surface area contributed by atoms with Gasteiger partial charge < -0.3 is 14.9 Å². The van der Waals surface area contributed by atoms with Gasteiger partial charge in [0.2, 0.25) is 0 Å². The summed E-state index contributed by atoms with van der Waals surface area (Å²) in [6.45, 7) is 9.69. The van der Waals surface area contributed by atoms with Gasteiger partial charge in [-0.3, -0.25) is 0 Å². The van der Waals surface area contributed by atoms with Crippen LogP contribution in [0.15, 0.2) is 0 Å². The lowest BCUT2D eigenvalue weighted by molar-refractivity contribution is -0.156. The molecule has 3 heteroatoms. The molecular weight excluding hydrogens is 336 g/mol. The maximum atomic E-state index is 10.6. The zero-order chi connectivity index (χ0) is 19.4. The van der Waals surface area contributed by atoms with Crippen LogP contribution in [0, 0.1) is 34.5 Å². The summed E-state index contributed by atoms with van der Waals surface area (Å²) in [6.07, 6.45) is 12.0. The normalized spacial score (nSPS) is 53.3. The summed E-state index contributed by atoms with van der Waals surface area (Å²) in [5, 5.41) is 20.2. The van der Waals surface area contributed by atoms with Crippen LogP contribution in [0.1, 0.15) is 91.9 Å². The molecule has 27 heavy (non-hydrogen) atoms. The minimum atomic E-state index is -0.434. The molecule has 0 bridgehead atoms. The number of fused-ring (bicyclic) bond motifs is 5. The van der Waals surface area contributed by atoms with Gasteiger partial charge in [0.15, 0.2) is 0 Å². The summed E-state index contributed by atoms with van der Waals surface area (Å²) in [5.74, 6) is 3.24. The molecule has 4 aliphatic carbocycles. The van der Waals surface area contributed by atoms with Gasteiger partial charge in [-0.05, 0) is 113 Å². The second-order valence-electron chi connectivity index (χ2n) is 11.5. The average Bonchev–Trinajstić information content (AvgIpc) is 2.92. The molecule has 0 aromatic rings. The lowest BCUT2D eigenvalue weighted by atomic mass is 9.44. The Kier molecular flexibility index (Phi) is 5.22. The molecule has 4 fully saturated rings. The fourth-order valence-electron chi connectivity index (χ4n) is 8.04. The van der Waals surface area contributed by atoms with E-state index in [0.717, 1.165) is 37.0 Å². The number of ether oxygens (including phenoxy) is 1. The summed E-state index contributed by atoms with van der Waals surface area (Å²) < 4.78 is 6.33. The van der Waals surface area contributed by atoms with Gasteiger partial charge in [-0.25, -0.2) is 0 Å². The fraction of sp³-hybridized carbons (Fsp3) is 1.00. The van der Waals surface area contributed by atoms with Gasteiger partial charge in [0, 0.05) is 6.61 Å². The summed E-state index contributed by atoms with van der Waals surface area (Å²) in [7, 11) is 0. The van der Waals surface area contributed by atoms with Gasteiger partial charge in [-0.2, -0.15) is 0 Å². The van der Waals surface area contributed by atoms with Gasteiger partial charge in [0.1, 0.15) is 0 Å². The van der Waals surface area contributed by atoms with Crippen molar-refractivity contribution in [3.8, 4) is 0 Å². The second-order valence-corrected chi connectivity index (χ2v) is 11.5. The van der Waals surface area contributed by atoms with E-state index in [1.807, 2.05) is 6.92 Å². The Balaban J connectivity index is 1.48. The van der Waals surface area contributed by atoms with Crippen LogP contribution in [-0.2, 0) is 4.74 Å². The molecule has 4 rings (SSSR count). The van der Waals surface area contributed by atoms with Crippen LogP contribution in [0.2, 0.25) is 0 Å².